The highest BCUT2D eigenvalue weighted by Gasteiger charge is 2.21. The van der Waals surface area contributed by atoms with Gasteiger partial charge in [-0.3, -0.25) is 0 Å². The molecule has 0 saturated carbocycles. The number of nitrogens with zero attached hydrogens (tertiary/aromatic N) is 1. The Hall–Kier alpha value is -6.06. The van der Waals surface area contributed by atoms with Gasteiger partial charge in [-0.15, -0.1) is 0 Å². The first-order valence-corrected chi connectivity index (χ1v) is 15.7. The van der Waals surface area contributed by atoms with Crippen LogP contribution in [0, 0.1) is 0 Å². The van der Waals surface area contributed by atoms with Crippen LogP contribution in [-0.2, 0) is 0 Å². The Balaban J connectivity index is 1.06. The van der Waals surface area contributed by atoms with E-state index in [1.54, 1.807) is 0 Å². The molecule has 0 radical (unpaired) electrons. The highest BCUT2D eigenvalue weighted by Crippen LogP contribution is 2.42. The van der Waals surface area contributed by atoms with E-state index in [0.29, 0.717) is 0 Å². The van der Waals surface area contributed by atoms with Crippen molar-refractivity contribution in [3.63, 3.8) is 0 Å². The average molecular weight is 591 g/mol. The first-order valence-electron chi connectivity index (χ1n) is 15.7. The molecule has 1 aliphatic heterocycles. The maximum absolute atomic E-state index is 6.35. The Morgan fingerprint density at radius 3 is 1.87 bits per heavy atom. The zero-order valence-corrected chi connectivity index (χ0v) is 25.2. The second-order valence-corrected chi connectivity index (χ2v) is 11.8. The van der Waals surface area contributed by atoms with Crippen molar-refractivity contribution >= 4 is 66.9 Å². The molecule has 46 heavy (non-hydrogen) atoms. The van der Waals surface area contributed by atoms with Gasteiger partial charge in [-0.05, 0) is 92.3 Å². The van der Waals surface area contributed by atoms with Crippen molar-refractivity contribution in [2.45, 2.75) is 0 Å². The van der Waals surface area contributed by atoms with Gasteiger partial charge in [-0.2, -0.15) is 0 Å². The van der Waals surface area contributed by atoms with Gasteiger partial charge in [0.1, 0.15) is 5.58 Å². The highest BCUT2D eigenvalue weighted by atomic mass is 16.3. The molecule has 3 heteroatoms. The molecule has 0 spiro atoms. The van der Waals surface area contributed by atoms with Gasteiger partial charge in [0.2, 0.25) is 0 Å². The molecule has 3 nitrogen and oxygen atoms in total. The van der Waals surface area contributed by atoms with E-state index in [2.05, 4.69) is 174 Å². The van der Waals surface area contributed by atoms with E-state index in [1.807, 2.05) is 0 Å². The molecule has 0 aliphatic carbocycles. The third kappa shape index (κ3) is 4.44. The molecule has 1 aliphatic rings. The van der Waals surface area contributed by atoms with Gasteiger partial charge in [0.15, 0.2) is 5.76 Å². The van der Waals surface area contributed by atoms with E-state index in [1.165, 1.54) is 43.8 Å². The van der Waals surface area contributed by atoms with E-state index in [0.717, 1.165) is 46.0 Å². The zero-order valence-electron chi connectivity index (χ0n) is 25.2. The van der Waals surface area contributed by atoms with E-state index < -0.39 is 0 Å². The number of rotatable bonds is 5. The molecular formula is C43H30N2O. The van der Waals surface area contributed by atoms with Crippen LogP contribution < -0.4 is 10.2 Å². The predicted octanol–water partition coefficient (Wildman–Crippen LogP) is 11.8. The second kappa shape index (κ2) is 10.8. The normalized spacial score (nSPS) is 12.6. The number of para-hydroxylation sites is 1. The second-order valence-electron chi connectivity index (χ2n) is 11.8. The SMILES string of the molecule is C1=C(c2ccc(N(c3ccccc3)c3ccc(-c4cccc5ccccc45)cc3)cc2)CNc2c1oc1ccc3ccccc3c21. The van der Waals surface area contributed by atoms with Crippen LogP contribution >= 0.6 is 0 Å². The Morgan fingerprint density at radius 2 is 1.11 bits per heavy atom. The van der Waals surface area contributed by atoms with Crippen LogP contribution in [0.3, 0.4) is 0 Å². The quantitative estimate of drug-likeness (QED) is 0.216. The standard InChI is InChI=1S/C43H30N2O/c1-2-12-34(13-3-1)45(36-24-19-32(20-25-36)38-16-8-11-30-9-4-6-14-37(30)38)35-22-17-29(18-23-35)33-27-41-43(44-28-33)42-39-15-7-5-10-31(39)21-26-40(42)46-41/h1-27,44H,28H2. The molecule has 0 unspecified atom stereocenters. The molecule has 0 saturated heterocycles. The molecule has 9 rings (SSSR count). The summed E-state index contributed by atoms with van der Waals surface area (Å²) in [6.45, 7) is 0.738. The number of nitrogens with one attached hydrogen (secondary N) is 1. The van der Waals surface area contributed by atoms with Gasteiger partial charge in [0, 0.05) is 23.6 Å². The van der Waals surface area contributed by atoms with Crippen LogP contribution in [0.1, 0.15) is 11.3 Å². The Kier molecular flexibility index (Phi) is 6.20. The number of furan rings is 1. The summed E-state index contributed by atoms with van der Waals surface area (Å²) in [6, 6.07) is 56.1. The van der Waals surface area contributed by atoms with Gasteiger partial charge in [-0.1, -0.05) is 115 Å². The van der Waals surface area contributed by atoms with Crippen molar-refractivity contribution in [2.24, 2.45) is 0 Å². The molecule has 218 valence electrons. The summed E-state index contributed by atoms with van der Waals surface area (Å²) < 4.78 is 6.35. The number of hydrogen-bond acceptors (Lipinski definition) is 3. The minimum Gasteiger partial charge on any atom is -0.454 e. The summed E-state index contributed by atoms with van der Waals surface area (Å²) in [5, 5.41) is 9.78. The Bertz CT molecular complexity index is 2400. The fourth-order valence-corrected chi connectivity index (χ4v) is 6.86. The van der Waals surface area contributed by atoms with Gasteiger partial charge < -0.3 is 14.6 Å². The topological polar surface area (TPSA) is 28.4 Å². The number of hydrogen-bond donors (Lipinski definition) is 1. The lowest BCUT2D eigenvalue weighted by atomic mass is 9.98. The third-order valence-electron chi connectivity index (χ3n) is 9.10. The van der Waals surface area contributed by atoms with Crippen LogP contribution in [0.15, 0.2) is 162 Å². The lowest BCUT2D eigenvalue weighted by Crippen LogP contribution is -2.11. The summed E-state index contributed by atoms with van der Waals surface area (Å²) >= 11 is 0. The fourth-order valence-electron chi connectivity index (χ4n) is 6.86. The Labute approximate surface area is 267 Å². The fraction of sp³-hybridized carbons (Fsp3) is 0.0233. The third-order valence-corrected chi connectivity index (χ3v) is 9.10. The van der Waals surface area contributed by atoms with Crippen LogP contribution in [0.4, 0.5) is 22.7 Å². The summed E-state index contributed by atoms with van der Waals surface area (Å²) in [5.41, 5.74) is 10.1. The number of anilines is 4. The molecular weight excluding hydrogens is 560 g/mol. The summed E-state index contributed by atoms with van der Waals surface area (Å²) in [6.07, 6.45) is 2.19. The highest BCUT2D eigenvalue weighted by molar-refractivity contribution is 6.15. The molecule has 7 aromatic carbocycles. The summed E-state index contributed by atoms with van der Waals surface area (Å²) in [7, 11) is 0. The van der Waals surface area contributed by atoms with Crippen molar-refractivity contribution in [1.29, 1.82) is 0 Å². The first-order chi connectivity index (χ1) is 22.8. The number of benzene rings is 7. The van der Waals surface area contributed by atoms with Gasteiger partial charge in [0.05, 0.1) is 11.1 Å². The maximum Gasteiger partial charge on any atom is 0.151 e. The first kappa shape index (κ1) is 26.4. The molecule has 0 amide bonds. The van der Waals surface area contributed by atoms with Crippen molar-refractivity contribution in [3.8, 4) is 11.1 Å². The van der Waals surface area contributed by atoms with Crippen molar-refractivity contribution in [1.82, 2.24) is 0 Å². The van der Waals surface area contributed by atoms with Crippen LogP contribution in [-0.4, -0.2) is 6.54 Å². The van der Waals surface area contributed by atoms with Gasteiger partial charge in [0.25, 0.3) is 0 Å². The minimum atomic E-state index is 0.738. The van der Waals surface area contributed by atoms with Gasteiger partial charge >= 0.3 is 0 Å². The molecule has 1 N–H and O–H groups in total. The van der Waals surface area contributed by atoms with Crippen molar-refractivity contribution < 1.29 is 4.42 Å². The minimum absolute atomic E-state index is 0.738. The molecule has 0 bridgehead atoms. The molecule has 0 atom stereocenters. The van der Waals surface area contributed by atoms with E-state index in [4.69, 9.17) is 4.42 Å². The van der Waals surface area contributed by atoms with Crippen molar-refractivity contribution in [3.05, 3.63) is 169 Å². The zero-order chi connectivity index (χ0) is 30.5. The maximum atomic E-state index is 6.35. The van der Waals surface area contributed by atoms with E-state index >= 15 is 0 Å². The average Bonchev–Trinajstić information content (AvgIpc) is 3.51. The molecule has 0 fully saturated rings. The summed E-state index contributed by atoms with van der Waals surface area (Å²) in [5.74, 6) is 0.883. The largest absolute Gasteiger partial charge is 0.454 e. The smallest absolute Gasteiger partial charge is 0.151 e. The lowest BCUT2D eigenvalue weighted by Gasteiger charge is -2.26. The van der Waals surface area contributed by atoms with Crippen LogP contribution in [0.5, 0.6) is 0 Å². The monoisotopic (exact) mass is 590 g/mol. The van der Waals surface area contributed by atoms with Crippen molar-refractivity contribution in [2.75, 3.05) is 16.8 Å². The van der Waals surface area contributed by atoms with Crippen LogP contribution in [0.2, 0.25) is 0 Å². The molecule has 1 aromatic heterocycles. The Morgan fingerprint density at radius 1 is 0.500 bits per heavy atom. The lowest BCUT2D eigenvalue weighted by molar-refractivity contribution is 0.605. The summed E-state index contributed by atoms with van der Waals surface area (Å²) in [4.78, 5) is 2.31. The van der Waals surface area contributed by atoms with Crippen LogP contribution in [0.25, 0.3) is 55.3 Å². The van der Waals surface area contributed by atoms with E-state index in [-0.39, 0.29) is 0 Å². The van der Waals surface area contributed by atoms with Gasteiger partial charge in [-0.25, -0.2) is 0 Å². The predicted molar refractivity (Wildman–Crippen MR) is 194 cm³/mol. The van der Waals surface area contributed by atoms with E-state index in [9.17, 15) is 0 Å². The number of fused-ring (bicyclic) bond motifs is 6. The molecule has 2 heterocycles. The molecule has 8 aromatic rings.